The molecule has 1 aromatic rings. The summed E-state index contributed by atoms with van der Waals surface area (Å²) in [6, 6.07) is 1.68. The van der Waals surface area contributed by atoms with Crippen LogP contribution in [0.4, 0.5) is 11.6 Å². The normalized spacial score (nSPS) is 15.2. The molecule has 4 N–H and O–H groups in total. The van der Waals surface area contributed by atoms with E-state index in [9.17, 15) is 5.11 Å². The van der Waals surface area contributed by atoms with Gasteiger partial charge in [0.15, 0.2) is 0 Å². The smallest absolute Gasteiger partial charge is 0.138 e. The monoisotopic (exact) mass is 252 g/mol. The van der Waals surface area contributed by atoms with Gasteiger partial charge in [-0.25, -0.2) is 9.97 Å². The van der Waals surface area contributed by atoms with Crippen molar-refractivity contribution in [3.05, 3.63) is 11.9 Å². The van der Waals surface area contributed by atoms with Crippen LogP contribution in [-0.4, -0.2) is 27.2 Å². The first-order valence-corrected chi connectivity index (χ1v) is 6.25. The lowest BCUT2D eigenvalue weighted by atomic mass is 9.96. The Hall–Kier alpha value is -1.36. The van der Waals surface area contributed by atoms with Gasteiger partial charge in [-0.2, -0.15) is 0 Å². The van der Waals surface area contributed by atoms with Gasteiger partial charge in [-0.1, -0.05) is 27.7 Å². The van der Waals surface area contributed by atoms with Gasteiger partial charge in [0.1, 0.15) is 17.5 Å². The van der Waals surface area contributed by atoms with Crippen LogP contribution in [0.3, 0.4) is 0 Å². The molecule has 0 saturated carbocycles. The molecular weight excluding hydrogens is 228 g/mol. The summed E-state index contributed by atoms with van der Waals surface area (Å²) in [7, 11) is 0. The van der Waals surface area contributed by atoms with Crippen molar-refractivity contribution >= 4 is 11.6 Å². The van der Waals surface area contributed by atoms with E-state index < -0.39 is 5.60 Å². The first kappa shape index (κ1) is 14.7. The lowest BCUT2D eigenvalue weighted by Gasteiger charge is -2.23. The van der Waals surface area contributed by atoms with E-state index in [-0.39, 0.29) is 5.41 Å². The Morgan fingerprint density at radius 1 is 1.28 bits per heavy atom. The van der Waals surface area contributed by atoms with Gasteiger partial charge in [-0.15, -0.1) is 0 Å². The lowest BCUT2D eigenvalue weighted by Crippen LogP contribution is -2.33. The second kappa shape index (κ2) is 5.10. The average molecular weight is 252 g/mol. The molecule has 1 heterocycles. The summed E-state index contributed by atoms with van der Waals surface area (Å²) in [4.78, 5) is 8.66. The molecule has 5 heteroatoms. The molecule has 0 bridgehead atoms. The Morgan fingerprint density at radius 3 is 2.39 bits per heavy atom. The van der Waals surface area contributed by atoms with Crippen molar-refractivity contribution in [2.75, 3.05) is 17.6 Å². The molecule has 0 fully saturated rings. The number of anilines is 2. The summed E-state index contributed by atoms with van der Waals surface area (Å²) >= 11 is 0. The van der Waals surface area contributed by atoms with Crippen molar-refractivity contribution < 1.29 is 5.11 Å². The van der Waals surface area contributed by atoms with Gasteiger partial charge in [0, 0.05) is 18.0 Å². The van der Waals surface area contributed by atoms with Crippen molar-refractivity contribution in [3.8, 4) is 0 Å². The standard InChI is InChI=1S/C13H24N4O/c1-6-13(5,18)8-15-10-7-9(14)16-11(17-10)12(2,3)4/h7,18H,6,8H2,1-5H3,(H3,14,15,16,17). The molecule has 18 heavy (non-hydrogen) atoms. The van der Waals surface area contributed by atoms with Crippen molar-refractivity contribution in [2.24, 2.45) is 0 Å². The molecule has 1 unspecified atom stereocenters. The zero-order chi connectivity index (χ0) is 14.0. The van der Waals surface area contributed by atoms with Crippen LogP contribution in [0.2, 0.25) is 0 Å². The Bertz CT molecular complexity index is 410. The number of nitrogen functional groups attached to an aromatic ring is 1. The van der Waals surface area contributed by atoms with E-state index in [4.69, 9.17) is 5.73 Å². The molecule has 0 aliphatic rings. The van der Waals surface area contributed by atoms with Gasteiger partial charge in [0.05, 0.1) is 5.60 Å². The van der Waals surface area contributed by atoms with Crippen LogP contribution in [-0.2, 0) is 5.41 Å². The summed E-state index contributed by atoms with van der Waals surface area (Å²) < 4.78 is 0. The van der Waals surface area contributed by atoms with E-state index in [0.29, 0.717) is 30.4 Å². The first-order chi connectivity index (χ1) is 8.14. The van der Waals surface area contributed by atoms with E-state index >= 15 is 0 Å². The van der Waals surface area contributed by atoms with Gasteiger partial charge < -0.3 is 16.2 Å². The number of nitrogens with one attached hydrogen (secondary N) is 1. The van der Waals surface area contributed by atoms with E-state index in [1.807, 2.05) is 27.7 Å². The third-order valence-corrected chi connectivity index (χ3v) is 2.83. The highest BCUT2D eigenvalue weighted by Gasteiger charge is 2.20. The second-order valence-corrected chi connectivity index (χ2v) is 5.96. The lowest BCUT2D eigenvalue weighted by molar-refractivity contribution is 0.0696. The summed E-state index contributed by atoms with van der Waals surface area (Å²) in [5.74, 6) is 1.79. The van der Waals surface area contributed by atoms with E-state index in [2.05, 4.69) is 15.3 Å². The predicted molar refractivity (Wildman–Crippen MR) is 74.5 cm³/mol. The SMILES string of the molecule is CCC(C)(O)CNc1cc(N)nc(C(C)(C)C)n1. The van der Waals surface area contributed by atoms with Gasteiger partial charge >= 0.3 is 0 Å². The highest BCUT2D eigenvalue weighted by atomic mass is 16.3. The van der Waals surface area contributed by atoms with Crippen molar-refractivity contribution in [2.45, 2.75) is 52.1 Å². The van der Waals surface area contributed by atoms with Crippen LogP contribution < -0.4 is 11.1 Å². The zero-order valence-corrected chi connectivity index (χ0v) is 11.9. The fourth-order valence-electron chi connectivity index (χ4n) is 1.30. The van der Waals surface area contributed by atoms with Crippen molar-refractivity contribution in [1.29, 1.82) is 0 Å². The van der Waals surface area contributed by atoms with Crippen LogP contribution in [0.5, 0.6) is 0 Å². The van der Waals surface area contributed by atoms with Gasteiger partial charge in [0.2, 0.25) is 0 Å². The third kappa shape index (κ3) is 4.14. The fraction of sp³-hybridized carbons (Fsp3) is 0.692. The number of hydrogen-bond donors (Lipinski definition) is 3. The minimum atomic E-state index is -0.748. The van der Waals surface area contributed by atoms with Crippen LogP contribution in [0.15, 0.2) is 6.07 Å². The summed E-state index contributed by atoms with van der Waals surface area (Å²) in [5.41, 5.74) is 4.87. The molecule has 0 aliphatic carbocycles. The number of rotatable bonds is 4. The van der Waals surface area contributed by atoms with E-state index in [1.54, 1.807) is 13.0 Å². The molecule has 0 saturated heterocycles. The number of hydrogen-bond acceptors (Lipinski definition) is 5. The van der Waals surface area contributed by atoms with Crippen LogP contribution in [0, 0.1) is 0 Å². The highest BCUT2D eigenvalue weighted by Crippen LogP contribution is 2.21. The Balaban J connectivity index is 2.88. The largest absolute Gasteiger partial charge is 0.388 e. The molecule has 5 nitrogen and oxygen atoms in total. The highest BCUT2D eigenvalue weighted by molar-refractivity contribution is 5.45. The molecule has 0 aliphatic heterocycles. The summed E-state index contributed by atoms with van der Waals surface area (Å²) in [6.07, 6.45) is 0.673. The van der Waals surface area contributed by atoms with Crippen molar-refractivity contribution in [1.82, 2.24) is 9.97 Å². The molecule has 0 spiro atoms. The molecule has 1 aromatic heterocycles. The summed E-state index contributed by atoms with van der Waals surface area (Å²) in [5, 5.41) is 13.1. The van der Waals surface area contributed by atoms with E-state index in [0.717, 1.165) is 0 Å². The number of nitrogens with zero attached hydrogens (tertiary/aromatic N) is 2. The van der Waals surface area contributed by atoms with Gasteiger partial charge in [-0.05, 0) is 13.3 Å². The van der Waals surface area contributed by atoms with Crippen LogP contribution in [0.25, 0.3) is 0 Å². The third-order valence-electron chi connectivity index (χ3n) is 2.83. The van der Waals surface area contributed by atoms with Crippen LogP contribution >= 0.6 is 0 Å². The molecule has 0 aromatic carbocycles. The molecule has 0 radical (unpaired) electrons. The Morgan fingerprint density at radius 2 is 1.89 bits per heavy atom. The maximum absolute atomic E-state index is 9.95. The Kier molecular flexibility index (Phi) is 4.16. The first-order valence-electron chi connectivity index (χ1n) is 6.25. The average Bonchev–Trinajstić information content (AvgIpc) is 2.25. The summed E-state index contributed by atoms with van der Waals surface area (Å²) in [6.45, 7) is 10.3. The minimum Gasteiger partial charge on any atom is -0.388 e. The molecule has 1 atom stereocenters. The Labute approximate surface area is 109 Å². The minimum absolute atomic E-state index is 0.154. The number of aromatic nitrogens is 2. The number of aliphatic hydroxyl groups is 1. The van der Waals surface area contributed by atoms with Gasteiger partial charge in [-0.3, -0.25) is 0 Å². The molecule has 1 rings (SSSR count). The molecular formula is C13H24N4O. The van der Waals surface area contributed by atoms with Crippen LogP contribution in [0.1, 0.15) is 46.9 Å². The number of nitrogens with two attached hydrogens (primary N) is 1. The maximum Gasteiger partial charge on any atom is 0.138 e. The predicted octanol–water partition coefficient (Wildman–Crippen LogP) is 1.93. The van der Waals surface area contributed by atoms with E-state index in [1.165, 1.54) is 0 Å². The van der Waals surface area contributed by atoms with Gasteiger partial charge in [0.25, 0.3) is 0 Å². The zero-order valence-electron chi connectivity index (χ0n) is 11.9. The topological polar surface area (TPSA) is 84.1 Å². The quantitative estimate of drug-likeness (QED) is 0.762. The maximum atomic E-state index is 9.95. The second-order valence-electron chi connectivity index (χ2n) is 5.96. The van der Waals surface area contributed by atoms with Crippen molar-refractivity contribution in [3.63, 3.8) is 0 Å². The molecule has 102 valence electrons. The molecule has 0 amide bonds. The fourth-order valence-corrected chi connectivity index (χ4v) is 1.30.